The summed E-state index contributed by atoms with van der Waals surface area (Å²) in [6, 6.07) is 52.5. The highest BCUT2D eigenvalue weighted by Gasteiger charge is 2.62. The Kier molecular flexibility index (Phi) is 25.2. The highest BCUT2D eigenvalue weighted by atomic mass is 79.9. The fourth-order valence-electron chi connectivity index (χ4n) is 20.3. The molecule has 4 aromatic heterocycles. The van der Waals surface area contributed by atoms with Crippen molar-refractivity contribution in [3.63, 3.8) is 0 Å². The number of halogens is 5. The molecule has 8 aliphatic heterocycles. The standard InChI is InChI=1S/2C27H23ClN2O5.C27H23ClN2O4.C26H20BrClN2O4/c1-33-16-2-5-21(28)14(11-16)10-15(31)12-20-25-19-13-17(3-6-22(19)35-26(20)25)34-23-8-9-29-27-18(23)4-7-24(32)30-27;1-33-22-4-2-3-14(25(22)28)11-15(31)12-19-24-18-13-16(5-7-20(18)35-26(19)24)34-21-9-10-29-27-17(21)6-8-23(32)30-27;1-14-10-16(28)3-2-15(14)11-17(31)12-21-25-20-13-18(4-6-22(20)34-26(21)25)33-23-8-9-29-27-19(23)5-7-24(32)30-27;27-14-1-4-20(28)13(9-14)10-15(31)11-19-24-18-12-16(2-5-21(18)34-25(19)24)33-22-7-8-29-26-17(22)3-6-23(32)30-26/h2-3,5-6,8-9,11,13,20,25-26H,4,7,10,12H2,1H3,(H,29,30,32);2-5,7,9-10,13,19,24,26H,6,8,11-12H2,1H3,(H,29,30,32);2-4,6,8-10,13,21,25-26H,5,7,11-12H2,1H3,(H,29,30,32);1-2,4-5,7-9,12,19,24-25H,3,6,10-11H2,(H,29,30,32)/t20-,25-,26+;19-,24-,26+;21-,25-,26+;19-,24-,25+/m0000/s1. The molecular formula is C107H89BrCl4N8O18. The number of carbonyl (C=O) groups is 8. The first-order chi connectivity index (χ1) is 66.9. The summed E-state index contributed by atoms with van der Waals surface area (Å²) < 4.78 is 60.6. The van der Waals surface area contributed by atoms with Crippen LogP contribution in [-0.4, -0.2) is 105 Å². The van der Waals surface area contributed by atoms with Gasteiger partial charge in [-0.3, -0.25) is 38.4 Å². The van der Waals surface area contributed by atoms with Gasteiger partial charge in [-0.05, 0) is 212 Å². The van der Waals surface area contributed by atoms with Gasteiger partial charge in [0.2, 0.25) is 23.6 Å². The number of hydrogen-bond donors (Lipinski definition) is 4. The van der Waals surface area contributed by atoms with Crippen molar-refractivity contribution in [1.82, 2.24) is 19.9 Å². The van der Waals surface area contributed by atoms with Crippen LogP contribution in [0.15, 0.2) is 199 Å². The van der Waals surface area contributed by atoms with Gasteiger partial charge >= 0.3 is 0 Å². The summed E-state index contributed by atoms with van der Waals surface area (Å²) in [5, 5.41) is 13.5. The van der Waals surface area contributed by atoms with Crippen LogP contribution in [0.25, 0.3) is 0 Å². The Morgan fingerprint density at radius 2 is 0.688 bits per heavy atom. The molecule has 31 heteroatoms. The van der Waals surface area contributed by atoms with Crippen LogP contribution in [0, 0.1) is 30.6 Å². The lowest BCUT2D eigenvalue weighted by Crippen LogP contribution is -2.20. The topological polar surface area (TPSA) is 329 Å². The lowest BCUT2D eigenvalue weighted by molar-refractivity contribution is -0.119. The van der Waals surface area contributed by atoms with Crippen LogP contribution in [0.5, 0.6) is 80.5 Å². The Balaban J connectivity index is 0.000000110. The van der Waals surface area contributed by atoms with Crippen LogP contribution in [0.3, 0.4) is 0 Å². The number of aromatic nitrogens is 4. The molecule has 4 aliphatic carbocycles. The second-order valence-corrected chi connectivity index (χ2v) is 39.0. The van der Waals surface area contributed by atoms with E-state index in [1.54, 1.807) is 63.3 Å². The monoisotopic (exact) mass is 1990 g/mol. The number of carbonyl (C=O) groups excluding carboxylic acids is 8. The maximum Gasteiger partial charge on any atom is 0.225 e. The van der Waals surface area contributed by atoms with Crippen LogP contribution in [-0.2, 0) is 89.7 Å². The SMILES string of the molecule is COc1ccc(Cl)c(CC(=O)C[C@@H]2[C@H]3Oc4ccc(Oc5ccnc6c5CCC(=O)N6)cc4[C@@H]23)c1.COc1cccc(CC(=O)C[C@@H]2[C@H]3Oc4ccc(Oc5ccnc6c5CCC(=O)N6)cc4[C@@H]23)c1Cl.Cc1cc(Cl)ccc1CC(=O)C[C@@H]1[C@H]2Oc3ccc(Oc4ccnc5c4CCC(=O)N5)cc3[C@@H]12.O=C(Cc1cc(Br)ccc1Cl)C[C@@H]1[C@H]2Oc3ccc(Oc4ccnc5c4CCC(=O)N5)cc3[C@@H]12. The Morgan fingerprint density at radius 1 is 0.355 bits per heavy atom. The molecule has 24 rings (SSSR count). The molecular weight excluding hydrogens is 1910 g/mol. The number of hydrogen-bond acceptors (Lipinski definition) is 22. The summed E-state index contributed by atoms with van der Waals surface area (Å²) in [6.07, 6.45) is 13.8. The quantitative estimate of drug-likeness (QED) is 0.0391. The van der Waals surface area contributed by atoms with Gasteiger partial charge < -0.3 is 68.6 Å². The zero-order valence-corrected chi connectivity index (χ0v) is 79.4. The first-order valence-electron chi connectivity index (χ1n) is 45.9. The summed E-state index contributed by atoms with van der Waals surface area (Å²) in [7, 11) is 3.15. The number of nitrogens with one attached hydrogen (secondary N) is 4. The average Bonchev–Trinajstić information content (AvgIpc) is 1.57. The molecule has 12 aromatic rings. The molecule has 0 saturated heterocycles. The number of aryl methyl sites for hydroxylation is 1. The first-order valence-corrected chi connectivity index (χ1v) is 48.2. The second-order valence-electron chi connectivity index (χ2n) is 36.4. The number of ketones is 4. The number of ether oxygens (including phenoxy) is 10. The molecule has 4 amide bonds. The summed E-state index contributed by atoms with van der Waals surface area (Å²) in [4.78, 5) is 115. The minimum absolute atomic E-state index is 0.0221. The molecule has 700 valence electrons. The number of pyridine rings is 4. The number of Topliss-reactive ketones (excluding diaryl/α,β-unsaturated/α-hetero) is 4. The van der Waals surface area contributed by atoms with Gasteiger partial charge in [0.15, 0.2) is 0 Å². The number of methoxy groups -OCH3 is 2. The van der Waals surface area contributed by atoms with E-state index in [1.807, 2.05) is 153 Å². The molecule has 0 bridgehead atoms. The second kappa shape index (κ2) is 38.2. The van der Waals surface area contributed by atoms with E-state index in [0.29, 0.717) is 191 Å². The predicted octanol–water partition coefficient (Wildman–Crippen LogP) is 21.4. The van der Waals surface area contributed by atoms with Gasteiger partial charge in [0, 0.05) is 213 Å². The Morgan fingerprint density at radius 3 is 1.04 bits per heavy atom. The van der Waals surface area contributed by atoms with Crippen LogP contribution in [0.1, 0.15) is 147 Å². The predicted molar refractivity (Wildman–Crippen MR) is 518 cm³/mol. The smallest absolute Gasteiger partial charge is 0.225 e. The average molecular weight is 2000 g/mol. The van der Waals surface area contributed by atoms with Crippen molar-refractivity contribution in [1.29, 1.82) is 0 Å². The highest BCUT2D eigenvalue weighted by Crippen LogP contribution is 2.65. The minimum atomic E-state index is -0.0362. The molecule has 4 N–H and O–H groups in total. The van der Waals surface area contributed by atoms with Gasteiger partial charge in [0.1, 0.15) is 151 Å². The van der Waals surface area contributed by atoms with Crippen molar-refractivity contribution in [3.8, 4) is 80.5 Å². The number of nitrogens with zero attached hydrogens (tertiary/aromatic N) is 4. The van der Waals surface area contributed by atoms with Crippen molar-refractivity contribution in [2.24, 2.45) is 23.7 Å². The van der Waals surface area contributed by atoms with Gasteiger partial charge in [-0.25, -0.2) is 19.9 Å². The van der Waals surface area contributed by atoms with E-state index in [9.17, 15) is 38.4 Å². The van der Waals surface area contributed by atoms with E-state index in [4.69, 9.17) is 93.8 Å². The van der Waals surface area contributed by atoms with Gasteiger partial charge in [-0.2, -0.15) is 0 Å². The number of rotatable bonds is 26. The van der Waals surface area contributed by atoms with Crippen molar-refractivity contribution >= 4 is 132 Å². The van der Waals surface area contributed by atoms with Crippen LogP contribution >= 0.6 is 62.3 Å². The number of benzene rings is 8. The Hall–Kier alpha value is -13.4. The van der Waals surface area contributed by atoms with E-state index in [0.717, 1.165) is 99.8 Å². The van der Waals surface area contributed by atoms with Gasteiger partial charge in [-0.1, -0.05) is 80.5 Å². The molecule has 12 aliphatic rings. The Labute approximate surface area is 821 Å². The summed E-state index contributed by atoms with van der Waals surface area (Å²) in [5.41, 5.74) is 12.4. The zero-order chi connectivity index (χ0) is 95.0. The molecule has 4 fully saturated rings. The normalized spacial score (nSPS) is 21.4. The molecule has 26 nitrogen and oxygen atoms in total. The van der Waals surface area contributed by atoms with E-state index in [2.05, 4.69) is 57.1 Å². The zero-order valence-electron chi connectivity index (χ0n) is 74.7. The van der Waals surface area contributed by atoms with Crippen LogP contribution in [0.2, 0.25) is 20.1 Å². The van der Waals surface area contributed by atoms with Crippen LogP contribution in [0.4, 0.5) is 23.3 Å². The molecule has 138 heavy (non-hydrogen) atoms. The molecule has 12 heterocycles. The fraction of sp³-hybridized carbons (Fsp3) is 0.290. The maximum absolute atomic E-state index is 12.8. The Bertz CT molecular complexity index is 6890. The minimum Gasteiger partial charge on any atom is -0.497 e. The lowest BCUT2D eigenvalue weighted by Gasteiger charge is -2.19. The van der Waals surface area contributed by atoms with Crippen LogP contribution < -0.4 is 68.6 Å². The number of fused-ring (bicyclic) bond motifs is 16. The van der Waals surface area contributed by atoms with Crippen molar-refractivity contribution in [3.05, 3.63) is 292 Å². The third-order valence-electron chi connectivity index (χ3n) is 27.4. The third-order valence-corrected chi connectivity index (χ3v) is 29.3. The van der Waals surface area contributed by atoms with E-state index in [1.165, 1.54) is 0 Å². The number of amides is 4. The maximum atomic E-state index is 12.8. The summed E-state index contributed by atoms with van der Waals surface area (Å²) in [5.74, 6) is 14.4. The van der Waals surface area contributed by atoms with Crippen molar-refractivity contribution < 1.29 is 85.7 Å². The molecule has 0 spiro atoms. The van der Waals surface area contributed by atoms with E-state index < -0.39 is 0 Å². The van der Waals surface area contributed by atoms with E-state index in [-0.39, 0.29) is 131 Å². The molecule has 0 radical (unpaired) electrons. The van der Waals surface area contributed by atoms with Gasteiger partial charge in [-0.15, -0.1) is 0 Å². The van der Waals surface area contributed by atoms with Crippen molar-refractivity contribution in [2.45, 2.75) is 158 Å². The molecule has 4 saturated carbocycles. The number of anilines is 4. The molecule has 8 aromatic carbocycles. The first kappa shape index (κ1) is 91.0. The fourth-order valence-corrected chi connectivity index (χ4v) is 21.6. The molecule has 0 unspecified atom stereocenters. The van der Waals surface area contributed by atoms with Crippen molar-refractivity contribution in [2.75, 3.05) is 35.5 Å². The molecule has 12 atom stereocenters. The van der Waals surface area contributed by atoms with Gasteiger partial charge in [0.05, 0.1) is 19.2 Å². The van der Waals surface area contributed by atoms with Gasteiger partial charge in [0.25, 0.3) is 0 Å². The lowest BCUT2D eigenvalue weighted by atomic mass is 9.99. The largest absolute Gasteiger partial charge is 0.497 e. The summed E-state index contributed by atoms with van der Waals surface area (Å²) >= 11 is 28.4. The summed E-state index contributed by atoms with van der Waals surface area (Å²) in [6.45, 7) is 1.98. The highest BCUT2D eigenvalue weighted by molar-refractivity contribution is 9.10. The van der Waals surface area contributed by atoms with E-state index >= 15 is 0 Å². The third kappa shape index (κ3) is 19.1.